The summed E-state index contributed by atoms with van der Waals surface area (Å²) < 4.78 is 27.3. The fourth-order valence-corrected chi connectivity index (χ4v) is 4.04. The van der Waals surface area contributed by atoms with Crippen molar-refractivity contribution in [3.05, 3.63) is 23.8 Å². The van der Waals surface area contributed by atoms with E-state index >= 15 is 0 Å². The van der Waals surface area contributed by atoms with E-state index in [1.54, 1.807) is 24.0 Å². The molecule has 23 heavy (non-hydrogen) atoms. The summed E-state index contributed by atoms with van der Waals surface area (Å²) in [7, 11) is -4.03. The normalized spacial score (nSPS) is 16.0. The quantitative estimate of drug-likeness (QED) is 0.840. The Kier molecular flexibility index (Phi) is 4.50. The average Bonchev–Trinajstić information content (AvgIpc) is 2.84. The molecule has 1 aliphatic rings. The topological polar surface area (TPSA) is 104 Å². The highest BCUT2D eigenvalue weighted by Gasteiger charge is 2.34. The lowest BCUT2D eigenvalue weighted by molar-refractivity contribution is -0.142. The van der Waals surface area contributed by atoms with Gasteiger partial charge in [0.1, 0.15) is 5.54 Å². The molecule has 0 unspecified atom stereocenters. The zero-order valence-corrected chi connectivity index (χ0v) is 14.1. The minimum absolute atomic E-state index is 0.0241. The summed E-state index contributed by atoms with van der Waals surface area (Å²) in [6.07, 6.45) is 1.18. The SMILES string of the molecule is Cc1ccc(N2CCCC2=O)cc1S(=O)(=O)NC(C)(C)C(=O)O. The van der Waals surface area contributed by atoms with E-state index < -0.39 is 21.5 Å². The van der Waals surface area contributed by atoms with Crippen LogP contribution in [-0.2, 0) is 19.6 Å². The number of benzene rings is 1. The average molecular weight is 340 g/mol. The number of aryl methyl sites for hydroxylation is 1. The Morgan fingerprint density at radius 1 is 1.35 bits per heavy atom. The van der Waals surface area contributed by atoms with Crippen LogP contribution in [0.15, 0.2) is 23.1 Å². The molecule has 0 bridgehead atoms. The summed E-state index contributed by atoms with van der Waals surface area (Å²) in [4.78, 5) is 24.5. The zero-order valence-electron chi connectivity index (χ0n) is 13.3. The first-order valence-electron chi connectivity index (χ1n) is 7.23. The van der Waals surface area contributed by atoms with Gasteiger partial charge in [-0.25, -0.2) is 8.42 Å². The van der Waals surface area contributed by atoms with Crippen LogP contribution in [-0.4, -0.2) is 37.5 Å². The highest BCUT2D eigenvalue weighted by atomic mass is 32.2. The van der Waals surface area contributed by atoms with Crippen molar-refractivity contribution in [2.45, 2.75) is 44.0 Å². The van der Waals surface area contributed by atoms with Crippen LogP contribution in [0.4, 0.5) is 5.69 Å². The van der Waals surface area contributed by atoms with Gasteiger partial charge in [-0.2, -0.15) is 4.72 Å². The van der Waals surface area contributed by atoms with E-state index in [9.17, 15) is 18.0 Å². The van der Waals surface area contributed by atoms with Gasteiger partial charge in [0.25, 0.3) is 0 Å². The highest BCUT2D eigenvalue weighted by molar-refractivity contribution is 7.89. The van der Waals surface area contributed by atoms with E-state index in [-0.39, 0.29) is 10.8 Å². The van der Waals surface area contributed by atoms with Crippen LogP contribution in [0.5, 0.6) is 0 Å². The molecule has 0 saturated carbocycles. The number of carbonyl (C=O) groups excluding carboxylic acids is 1. The Hall–Kier alpha value is -1.93. The van der Waals surface area contributed by atoms with Crippen molar-refractivity contribution in [3.63, 3.8) is 0 Å². The zero-order chi connectivity index (χ0) is 17.4. The van der Waals surface area contributed by atoms with E-state index in [2.05, 4.69) is 4.72 Å². The molecule has 1 aromatic carbocycles. The van der Waals surface area contributed by atoms with Crippen molar-refractivity contribution in [2.75, 3.05) is 11.4 Å². The number of hydrogen-bond acceptors (Lipinski definition) is 4. The second-order valence-electron chi connectivity index (χ2n) is 6.13. The Labute approximate surface area is 135 Å². The molecule has 1 aromatic rings. The maximum Gasteiger partial charge on any atom is 0.324 e. The van der Waals surface area contributed by atoms with Crippen LogP contribution in [0.2, 0.25) is 0 Å². The summed E-state index contributed by atoms with van der Waals surface area (Å²) in [5, 5.41) is 9.10. The number of carbonyl (C=O) groups is 2. The van der Waals surface area contributed by atoms with E-state index in [0.29, 0.717) is 24.2 Å². The van der Waals surface area contributed by atoms with Crippen LogP contribution in [0.3, 0.4) is 0 Å². The van der Waals surface area contributed by atoms with Crippen LogP contribution >= 0.6 is 0 Å². The third-order valence-corrected chi connectivity index (χ3v) is 5.57. The summed E-state index contributed by atoms with van der Waals surface area (Å²) >= 11 is 0. The number of anilines is 1. The van der Waals surface area contributed by atoms with Crippen molar-refractivity contribution < 1.29 is 23.1 Å². The molecule has 7 nitrogen and oxygen atoms in total. The second-order valence-corrected chi connectivity index (χ2v) is 7.79. The standard InChI is InChI=1S/C15H20N2O5S/c1-10-6-7-11(17-8-4-5-13(17)18)9-12(10)23(21,22)16-15(2,3)14(19)20/h6-7,9,16H,4-5,8H2,1-3H3,(H,19,20). The third kappa shape index (κ3) is 3.53. The lowest BCUT2D eigenvalue weighted by Gasteiger charge is -2.23. The largest absolute Gasteiger partial charge is 0.480 e. The van der Waals surface area contributed by atoms with Crippen LogP contribution in [0, 0.1) is 6.92 Å². The Morgan fingerprint density at radius 2 is 2.00 bits per heavy atom. The predicted molar refractivity (Wildman–Crippen MR) is 84.8 cm³/mol. The molecule has 1 heterocycles. The minimum atomic E-state index is -4.03. The predicted octanol–water partition coefficient (Wildman–Crippen LogP) is 1.26. The molecule has 1 saturated heterocycles. The van der Waals surface area contributed by atoms with Gasteiger partial charge in [-0.3, -0.25) is 9.59 Å². The van der Waals surface area contributed by atoms with Gasteiger partial charge in [-0.15, -0.1) is 0 Å². The van der Waals surface area contributed by atoms with Crippen LogP contribution < -0.4 is 9.62 Å². The summed E-state index contributed by atoms with van der Waals surface area (Å²) in [5.74, 6) is -1.32. The van der Waals surface area contributed by atoms with Crippen molar-refractivity contribution in [1.82, 2.24) is 4.72 Å². The molecule has 1 fully saturated rings. The monoisotopic (exact) mass is 340 g/mol. The van der Waals surface area contributed by atoms with E-state index in [0.717, 1.165) is 6.42 Å². The van der Waals surface area contributed by atoms with Gasteiger partial charge in [0.05, 0.1) is 4.90 Å². The van der Waals surface area contributed by atoms with E-state index in [1.807, 2.05) is 0 Å². The number of carboxylic acids is 1. The molecule has 0 aliphatic carbocycles. The maximum absolute atomic E-state index is 12.5. The van der Waals surface area contributed by atoms with Gasteiger partial charge in [0.15, 0.2) is 0 Å². The molecule has 0 radical (unpaired) electrons. The van der Waals surface area contributed by atoms with Gasteiger partial charge >= 0.3 is 5.97 Å². The first-order valence-corrected chi connectivity index (χ1v) is 8.71. The van der Waals surface area contributed by atoms with Crippen LogP contribution in [0.25, 0.3) is 0 Å². The van der Waals surface area contributed by atoms with E-state index in [1.165, 1.54) is 19.9 Å². The summed E-state index contributed by atoms with van der Waals surface area (Å²) in [5.41, 5.74) is -0.647. The lowest BCUT2D eigenvalue weighted by Crippen LogP contribution is -2.49. The number of amides is 1. The number of hydrogen-bond donors (Lipinski definition) is 2. The van der Waals surface area contributed by atoms with Gasteiger partial charge in [0.2, 0.25) is 15.9 Å². The van der Waals surface area contributed by atoms with Crippen molar-refractivity contribution in [3.8, 4) is 0 Å². The number of rotatable bonds is 5. The maximum atomic E-state index is 12.5. The molecule has 0 aromatic heterocycles. The molecule has 2 N–H and O–H groups in total. The van der Waals surface area contributed by atoms with Gasteiger partial charge in [-0.05, 0) is 44.9 Å². The van der Waals surface area contributed by atoms with Gasteiger partial charge in [0, 0.05) is 18.7 Å². The molecular formula is C15H20N2O5S. The first-order chi connectivity index (χ1) is 10.5. The molecular weight excluding hydrogens is 320 g/mol. The van der Waals surface area contributed by atoms with Gasteiger partial charge in [-0.1, -0.05) is 6.07 Å². The molecule has 1 aliphatic heterocycles. The lowest BCUT2D eigenvalue weighted by atomic mass is 10.1. The number of nitrogens with one attached hydrogen (secondary N) is 1. The van der Waals surface area contributed by atoms with Crippen molar-refractivity contribution in [1.29, 1.82) is 0 Å². The molecule has 8 heteroatoms. The first kappa shape index (κ1) is 17.4. The number of nitrogens with zero attached hydrogens (tertiary/aromatic N) is 1. The summed E-state index contributed by atoms with van der Waals surface area (Å²) in [6, 6.07) is 4.72. The molecule has 1 amide bonds. The Bertz CT molecular complexity index is 755. The molecule has 0 atom stereocenters. The van der Waals surface area contributed by atoms with E-state index in [4.69, 9.17) is 5.11 Å². The number of sulfonamides is 1. The van der Waals surface area contributed by atoms with Crippen molar-refractivity contribution in [2.24, 2.45) is 0 Å². The summed E-state index contributed by atoms with van der Waals surface area (Å²) in [6.45, 7) is 4.72. The van der Waals surface area contributed by atoms with Gasteiger partial charge < -0.3 is 10.0 Å². The van der Waals surface area contributed by atoms with Crippen molar-refractivity contribution >= 4 is 27.6 Å². The fraction of sp³-hybridized carbons (Fsp3) is 0.467. The highest BCUT2D eigenvalue weighted by Crippen LogP contribution is 2.27. The Balaban J connectivity index is 2.42. The second kappa shape index (κ2) is 5.93. The molecule has 126 valence electrons. The molecule has 0 spiro atoms. The number of carboxylic acid groups (broad SMARTS) is 1. The smallest absolute Gasteiger partial charge is 0.324 e. The third-order valence-electron chi connectivity index (χ3n) is 3.77. The van der Waals surface area contributed by atoms with Crippen LogP contribution in [0.1, 0.15) is 32.3 Å². The number of aliphatic carboxylic acids is 1. The fourth-order valence-electron chi connectivity index (χ4n) is 2.40. The Morgan fingerprint density at radius 3 is 2.52 bits per heavy atom. The molecule has 2 rings (SSSR count). The minimum Gasteiger partial charge on any atom is -0.480 e.